The topological polar surface area (TPSA) is 63.2 Å². The highest BCUT2D eigenvalue weighted by molar-refractivity contribution is 6.74. The predicted octanol–water partition coefficient (Wildman–Crippen LogP) is 5.98. The van der Waals surface area contributed by atoms with E-state index in [0.29, 0.717) is 29.3 Å². The molecule has 0 spiro atoms. The van der Waals surface area contributed by atoms with Crippen molar-refractivity contribution in [3.63, 3.8) is 0 Å². The molecule has 0 heterocycles. The SMILES string of the molecule is COCOc1cc(C[C@@H]2CC[C@H]3[C@@H]2[C@@H](OC(C)=O)CC[C@@H]3O[Si](C)(C)C(C)(C)C)ccc1OC. The number of fused-ring (bicyclic) bond motifs is 1. The number of esters is 1. The maximum Gasteiger partial charge on any atom is 0.302 e. The molecule has 0 saturated heterocycles. The Kier molecular flexibility index (Phi) is 8.74. The average molecular weight is 493 g/mol. The van der Waals surface area contributed by atoms with Gasteiger partial charge in [-0.15, -0.1) is 0 Å². The van der Waals surface area contributed by atoms with Crippen molar-refractivity contribution < 1.29 is 28.2 Å². The Morgan fingerprint density at radius 3 is 2.35 bits per heavy atom. The normalized spacial score (nSPS) is 27.2. The summed E-state index contributed by atoms with van der Waals surface area (Å²) in [6, 6.07) is 6.12. The lowest BCUT2D eigenvalue weighted by atomic mass is 9.73. The van der Waals surface area contributed by atoms with Gasteiger partial charge >= 0.3 is 5.97 Å². The summed E-state index contributed by atoms with van der Waals surface area (Å²) in [6.45, 7) is 13.3. The fourth-order valence-electron chi connectivity index (χ4n) is 5.57. The van der Waals surface area contributed by atoms with Crippen LogP contribution in [0.1, 0.15) is 58.9 Å². The Hall–Kier alpha value is -1.57. The van der Waals surface area contributed by atoms with Gasteiger partial charge in [-0.05, 0) is 79.8 Å². The number of benzene rings is 1. The molecule has 34 heavy (non-hydrogen) atoms. The summed E-state index contributed by atoms with van der Waals surface area (Å²) < 4.78 is 29.1. The second-order valence-corrected chi connectivity index (χ2v) is 16.2. The van der Waals surface area contributed by atoms with Crippen LogP contribution in [-0.4, -0.2) is 47.5 Å². The number of ether oxygens (including phenoxy) is 4. The lowest BCUT2D eigenvalue weighted by molar-refractivity contribution is -0.156. The van der Waals surface area contributed by atoms with Crippen molar-refractivity contribution in [1.29, 1.82) is 0 Å². The molecule has 1 aromatic carbocycles. The summed E-state index contributed by atoms with van der Waals surface area (Å²) >= 11 is 0. The molecule has 0 amide bonds. The van der Waals surface area contributed by atoms with Gasteiger partial charge in [0.15, 0.2) is 26.6 Å². The van der Waals surface area contributed by atoms with Crippen molar-refractivity contribution in [1.82, 2.24) is 0 Å². The Balaban J connectivity index is 1.82. The Labute approximate surface area is 206 Å². The maximum atomic E-state index is 11.9. The number of carbonyl (C=O) groups is 1. The van der Waals surface area contributed by atoms with Gasteiger partial charge in [0.25, 0.3) is 0 Å². The van der Waals surface area contributed by atoms with Crippen LogP contribution in [0.25, 0.3) is 0 Å². The van der Waals surface area contributed by atoms with Crippen molar-refractivity contribution >= 4 is 14.3 Å². The zero-order chi connectivity index (χ0) is 25.1. The fraction of sp³-hybridized carbons (Fsp3) is 0.741. The monoisotopic (exact) mass is 492 g/mol. The van der Waals surface area contributed by atoms with E-state index in [4.69, 9.17) is 23.4 Å². The number of methoxy groups -OCH3 is 2. The van der Waals surface area contributed by atoms with Gasteiger partial charge in [-0.25, -0.2) is 0 Å². The number of hydrogen-bond acceptors (Lipinski definition) is 6. The van der Waals surface area contributed by atoms with Crippen LogP contribution in [0.2, 0.25) is 18.1 Å². The van der Waals surface area contributed by atoms with E-state index in [-0.39, 0.29) is 30.0 Å². The lowest BCUT2D eigenvalue weighted by Gasteiger charge is -2.46. The Bertz CT molecular complexity index is 833. The molecule has 5 atom stereocenters. The van der Waals surface area contributed by atoms with Crippen molar-refractivity contribution in [2.45, 2.75) is 90.1 Å². The molecule has 192 valence electrons. The molecule has 6 nitrogen and oxygen atoms in total. The molecular formula is C27H44O6Si. The van der Waals surface area contributed by atoms with Gasteiger partial charge in [0, 0.05) is 26.1 Å². The maximum absolute atomic E-state index is 11.9. The molecule has 0 bridgehead atoms. The summed E-state index contributed by atoms with van der Waals surface area (Å²) in [5, 5.41) is 0.176. The summed E-state index contributed by atoms with van der Waals surface area (Å²) in [6.07, 6.45) is 5.22. The first-order valence-electron chi connectivity index (χ1n) is 12.6. The summed E-state index contributed by atoms with van der Waals surface area (Å²) in [4.78, 5) is 11.9. The molecule has 2 saturated carbocycles. The second-order valence-electron chi connectivity index (χ2n) is 11.5. The van der Waals surface area contributed by atoms with Crippen LogP contribution in [0.5, 0.6) is 11.5 Å². The van der Waals surface area contributed by atoms with Crippen LogP contribution < -0.4 is 9.47 Å². The molecular weight excluding hydrogens is 448 g/mol. The number of rotatable bonds is 9. The van der Waals surface area contributed by atoms with Gasteiger partial charge in [-0.2, -0.15) is 0 Å². The zero-order valence-electron chi connectivity index (χ0n) is 22.3. The molecule has 0 radical (unpaired) electrons. The van der Waals surface area contributed by atoms with Crippen LogP contribution in [-0.2, 0) is 25.1 Å². The van der Waals surface area contributed by atoms with Crippen molar-refractivity contribution in [2.24, 2.45) is 17.8 Å². The Morgan fingerprint density at radius 1 is 1.03 bits per heavy atom. The van der Waals surface area contributed by atoms with E-state index in [9.17, 15) is 4.79 Å². The first-order chi connectivity index (χ1) is 16.0. The van der Waals surface area contributed by atoms with Crippen molar-refractivity contribution in [3.8, 4) is 11.5 Å². The average Bonchev–Trinajstić information content (AvgIpc) is 3.17. The van der Waals surface area contributed by atoms with Crippen molar-refractivity contribution in [2.75, 3.05) is 21.0 Å². The van der Waals surface area contributed by atoms with Crippen LogP contribution in [0, 0.1) is 17.8 Å². The van der Waals surface area contributed by atoms with E-state index < -0.39 is 8.32 Å². The Morgan fingerprint density at radius 2 is 1.74 bits per heavy atom. The minimum absolute atomic E-state index is 0.0308. The summed E-state index contributed by atoms with van der Waals surface area (Å²) in [7, 11) is 1.37. The van der Waals surface area contributed by atoms with E-state index >= 15 is 0 Å². The highest BCUT2D eigenvalue weighted by Crippen LogP contribution is 2.51. The lowest BCUT2D eigenvalue weighted by Crippen LogP contribution is -2.50. The van der Waals surface area contributed by atoms with Gasteiger partial charge in [0.05, 0.1) is 7.11 Å². The quantitative estimate of drug-likeness (QED) is 0.240. The van der Waals surface area contributed by atoms with Gasteiger partial charge in [-0.1, -0.05) is 26.8 Å². The molecule has 2 aliphatic rings. The third-order valence-electron chi connectivity index (χ3n) is 8.18. The minimum Gasteiger partial charge on any atom is -0.493 e. The molecule has 0 aromatic heterocycles. The molecule has 2 aliphatic carbocycles. The van der Waals surface area contributed by atoms with E-state index in [0.717, 1.165) is 32.1 Å². The van der Waals surface area contributed by atoms with E-state index in [1.54, 1.807) is 14.2 Å². The van der Waals surface area contributed by atoms with Gasteiger partial charge in [-0.3, -0.25) is 4.79 Å². The van der Waals surface area contributed by atoms with Gasteiger partial charge < -0.3 is 23.4 Å². The molecule has 0 aliphatic heterocycles. The highest BCUT2D eigenvalue weighted by Gasteiger charge is 2.51. The van der Waals surface area contributed by atoms with Gasteiger partial charge in [0.2, 0.25) is 0 Å². The minimum atomic E-state index is -1.88. The molecule has 7 heteroatoms. The van der Waals surface area contributed by atoms with Crippen LogP contribution in [0.4, 0.5) is 0 Å². The third-order valence-corrected chi connectivity index (χ3v) is 12.7. The van der Waals surface area contributed by atoms with Crippen molar-refractivity contribution in [3.05, 3.63) is 23.8 Å². The summed E-state index contributed by atoms with van der Waals surface area (Å²) in [5.41, 5.74) is 1.20. The molecule has 3 rings (SSSR count). The van der Waals surface area contributed by atoms with E-state index in [1.165, 1.54) is 12.5 Å². The van der Waals surface area contributed by atoms with Crippen LogP contribution in [0.3, 0.4) is 0 Å². The molecule has 0 unspecified atom stereocenters. The highest BCUT2D eigenvalue weighted by atomic mass is 28.4. The second kappa shape index (κ2) is 11.0. The molecule has 0 N–H and O–H groups in total. The third kappa shape index (κ3) is 6.16. The van der Waals surface area contributed by atoms with Crippen LogP contribution >= 0.6 is 0 Å². The van der Waals surface area contributed by atoms with Gasteiger partial charge in [0.1, 0.15) is 6.10 Å². The standard InChI is InChI=1S/C27H44O6Si/c1-18(28)32-24-14-13-22(33-34(7,8)27(2,3)4)21-11-10-20(26(21)24)15-19-9-12-23(30-6)25(16-19)31-17-29-5/h9,12,16,20-22,24,26H,10-11,13-15,17H2,1-8H3/t20-,21+,22-,24-,26+/m0/s1. The number of carbonyl (C=O) groups excluding carboxylic acids is 1. The summed E-state index contributed by atoms with van der Waals surface area (Å²) in [5.74, 6) is 2.39. The first-order valence-corrected chi connectivity index (χ1v) is 15.5. The first kappa shape index (κ1) is 27.0. The number of hydrogen-bond donors (Lipinski definition) is 0. The zero-order valence-corrected chi connectivity index (χ0v) is 23.3. The molecule has 1 aromatic rings. The van der Waals surface area contributed by atoms with E-state index in [2.05, 4.69) is 46.0 Å². The van der Waals surface area contributed by atoms with Crippen LogP contribution in [0.15, 0.2) is 18.2 Å². The fourth-order valence-corrected chi connectivity index (χ4v) is 6.97. The largest absolute Gasteiger partial charge is 0.493 e. The predicted molar refractivity (Wildman–Crippen MR) is 136 cm³/mol. The smallest absolute Gasteiger partial charge is 0.302 e. The molecule has 2 fully saturated rings. The van der Waals surface area contributed by atoms with E-state index in [1.807, 2.05) is 6.07 Å².